The molecule has 0 aromatic heterocycles. The number of carboxylic acid groups (broad SMARTS) is 1. The largest absolute Gasteiger partial charge is 0.726 e. The van der Waals surface area contributed by atoms with E-state index in [0.29, 0.717) is 19.5 Å². The van der Waals surface area contributed by atoms with E-state index < -0.39 is 65.3 Å². The smallest absolute Gasteiger partial charge is 0.217 e. The zero-order valence-corrected chi connectivity index (χ0v) is 16.3. The van der Waals surface area contributed by atoms with Gasteiger partial charge in [-0.3, -0.25) is 8.98 Å². The number of nitrogens with one attached hydrogen (secondary N) is 2. The Kier molecular flexibility index (Phi) is 17.0. The summed E-state index contributed by atoms with van der Waals surface area (Å²) in [6.45, 7) is 1.31. The third-order valence-corrected chi connectivity index (χ3v) is 4.48. The molecule has 0 bridgehead atoms. The number of hydrogen-bond acceptors (Lipinski definition) is 12. The number of rotatable bonds is 5. The molecular weight excluding hydrogens is 444 g/mol. The van der Waals surface area contributed by atoms with Crippen molar-refractivity contribution in [3.05, 3.63) is 0 Å². The fourth-order valence-electron chi connectivity index (χ4n) is 2.67. The van der Waals surface area contributed by atoms with Crippen LogP contribution in [-0.2, 0) is 28.9 Å². The summed E-state index contributed by atoms with van der Waals surface area (Å²) in [5.74, 6) is -2.01. The maximum absolute atomic E-state index is 10.8. The zero-order valence-electron chi connectivity index (χ0n) is 15.5. The van der Waals surface area contributed by atoms with Crippen molar-refractivity contribution in [3.8, 4) is 0 Å². The lowest BCUT2D eigenvalue weighted by atomic mass is 9.98. The van der Waals surface area contributed by atoms with Crippen LogP contribution >= 0.6 is 0 Å². The molecule has 2 saturated heterocycles. The van der Waals surface area contributed by atoms with E-state index in [4.69, 9.17) is 9.84 Å². The second-order valence-electron chi connectivity index (χ2n) is 6.42. The molecule has 7 N–H and O–H groups in total. The Hall–Kier alpha value is -1.43. The SMILES string of the molecule is C.C.CC(=O)NC1COC(COS(=O)(=O)[O-])[C@@H](O)[C@H]1O.O.O=C([O-])C1CNC[C@H](O)C1. The first-order chi connectivity index (χ1) is 12.9. The summed E-state index contributed by atoms with van der Waals surface area (Å²) in [6, 6.07) is -0.808. The van der Waals surface area contributed by atoms with E-state index >= 15 is 0 Å². The molecule has 0 aromatic carbocycles. The third kappa shape index (κ3) is 12.9. The first kappa shape index (κ1) is 34.2. The van der Waals surface area contributed by atoms with Gasteiger partial charge < -0.3 is 50.6 Å². The Labute approximate surface area is 181 Å². The molecule has 0 saturated carbocycles. The fraction of sp³-hybridized carbons (Fsp3) is 0.875. The molecule has 0 aliphatic carbocycles. The van der Waals surface area contributed by atoms with Crippen LogP contribution < -0.4 is 15.7 Å². The maximum atomic E-state index is 10.8. The first-order valence-electron chi connectivity index (χ1n) is 8.35. The molecule has 1 amide bonds. The minimum absolute atomic E-state index is 0. The summed E-state index contributed by atoms with van der Waals surface area (Å²) in [4.78, 5) is 21.0. The first-order valence-corrected chi connectivity index (χ1v) is 9.68. The topological polar surface area (TPSA) is 249 Å². The van der Waals surface area contributed by atoms with E-state index in [1.54, 1.807) is 0 Å². The summed E-state index contributed by atoms with van der Waals surface area (Å²) in [5, 5.41) is 43.6. The maximum Gasteiger partial charge on any atom is 0.217 e. The van der Waals surface area contributed by atoms with Crippen molar-refractivity contribution in [2.24, 2.45) is 5.92 Å². The number of aliphatic hydroxyl groups excluding tert-OH is 3. The zero-order chi connectivity index (χ0) is 21.5. The number of hydrogen-bond donors (Lipinski definition) is 5. The molecular formula is C16H34N2O12S-2. The van der Waals surface area contributed by atoms with Gasteiger partial charge in [-0.15, -0.1) is 0 Å². The lowest BCUT2D eigenvalue weighted by Gasteiger charge is -2.37. The molecule has 3 unspecified atom stereocenters. The molecule has 2 fully saturated rings. The molecule has 2 aliphatic heterocycles. The van der Waals surface area contributed by atoms with Crippen molar-refractivity contribution in [2.45, 2.75) is 58.7 Å². The van der Waals surface area contributed by atoms with Gasteiger partial charge in [0, 0.05) is 31.9 Å². The van der Waals surface area contributed by atoms with Crippen LogP contribution in [0, 0.1) is 5.92 Å². The van der Waals surface area contributed by atoms with Gasteiger partial charge in [-0.2, -0.15) is 0 Å². The van der Waals surface area contributed by atoms with Crippen molar-refractivity contribution in [1.29, 1.82) is 0 Å². The minimum Gasteiger partial charge on any atom is -0.726 e. The second-order valence-corrected chi connectivity index (χ2v) is 7.47. The van der Waals surface area contributed by atoms with Gasteiger partial charge in [-0.25, -0.2) is 8.42 Å². The van der Waals surface area contributed by atoms with Crippen LogP contribution in [-0.4, -0.2) is 102 Å². The Bertz CT molecular complexity index is 632. The van der Waals surface area contributed by atoms with Crippen LogP contribution in [0.4, 0.5) is 0 Å². The van der Waals surface area contributed by atoms with Crippen LogP contribution in [0.2, 0.25) is 0 Å². The number of aliphatic hydroxyl groups is 3. The van der Waals surface area contributed by atoms with Gasteiger partial charge in [-0.1, -0.05) is 14.9 Å². The Morgan fingerprint density at radius 1 is 1.19 bits per heavy atom. The Morgan fingerprint density at radius 3 is 2.19 bits per heavy atom. The average Bonchev–Trinajstić information content (AvgIpc) is 2.58. The fourth-order valence-corrected chi connectivity index (χ4v) is 2.97. The number of aliphatic carboxylic acids is 1. The van der Waals surface area contributed by atoms with Crippen molar-refractivity contribution < 1.29 is 57.4 Å². The van der Waals surface area contributed by atoms with Gasteiger partial charge in [0.2, 0.25) is 16.3 Å². The van der Waals surface area contributed by atoms with Crippen molar-refractivity contribution in [2.75, 3.05) is 26.3 Å². The quantitative estimate of drug-likeness (QED) is 0.184. The van der Waals surface area contributed by atoms with Crippen LogP contribution in [0.15, 0.2) is 0 Å². The summed E-state index contributed by atoms with van der Waals surface area (Å²) in [5.41, 5.74) is 0. The van der Waals surface area contributed by atoms with E-state index in [9.17, 15) is 37.9 Å². The summed E-state index contributed by atoms with van der Waals surface area (Å²) < 4.78 is 39.7. The van der Waals surface area contributed by atoms with Gasteiger partial charge in [-0.05, 0) is 6.42 Å². The molecule has 15 heteroatoms. The van der Waals surface area contributed by atoms with Crippen LogP contribution in [0.5, 0.6) is 0 Å². The van der Waals surface area contributed by atoms with Crippen molar-refractivity contribution >= 4 is 22.3 Å². The monoisotopic (exact) mass is 478 g/mol. The highest BCUT2D eigenvalue weighted by atomic mass is 32.3. The number of carbonyl (C=O) groups is 2. The minimum atomic E-state index is -4.89. The second kappa shape index (κ2) is 15.4. The van der Waals surface area contributed by atoms with Crippen molar-refractivity contribution in [1.82, 2.24) is 10.6 Å². The summed E-state index contributed by atoms with van der Waals surface area (Å²) >= 11 is 0. The molecule has 6 atom stereocenters. The normalized spacial score (nSPS) is 30.1. The van der Waals surface area contributed by atoms with Gasteiger partial charge in [0.15, 0.2) is 0 Å². The predicted octanol–water partition coefficient (Wildman–Crippen LogP) is -4.76. The lowest BCUT2D eigenvalue weighted by Crippen LogP contribution is -2.59. The molecule has 188 valence electrons. The van der Waals surface area contributed by atoms with E-state index in [1.807, 2.05) is 0 Å². The van der Waals surface area contributed by atoms with Crippen LogP contribution in [0.25, 0.3) is 0 Å². The number of amides is 1. The molecule has 2 rings (SSSR count). The number of ether oxygens (including phenoxy) is 1. The molecule has 2 aliphatic rings. The van der Waals surface area contributed by atoms with Crippen molar-refractivity contribution in [3.63, 3.8) is 0 Å². The molecule has 0 aromatic rings. The van der Waals surface area contributed by atoms with E-state index in [0.717, 1.165) is 0 Å². The standard InChI is InChI=1S/C8H15NO8S.C6H11NO3.2CH4.H2O/c1-4(10)9-5-2-16-6(8(12)7(5)11)3-17-18(13,14)15;8-5-1-4(6(9)10)2-7-3-5;;;/h5-8,11-12H,2-3H2,1H3,(H,9,10)(H,13,14,15);4-5,7-8H,1-3H2,(H,9,10);2*1H4;1H2/p-2/t5?,6?,7-,8+;4?,5-;;;/m01.../s1. The number of carbonyl (C=O) groups excluding carboxylic acids is 2. The number of carboxylic acids is 1. The highest BCUT2D eigenvalue weighted by Crippen LogP contribution is 2.16. The Morgan fingerprint density at radius 2 is 1.77 bits per heavy atom. The molecule has 31 heavy (non-hydrogen) atoms. The highest BCUT2D eigenvalue weighted by molar-refractivity contribution is 7.80. The number of β-amino-alcohol motifs (C(OH)–C–C–N with tert-alkyl or cyclic N) is 1. The molecule has 0 spiro atoms. The van der Waals surface area contributed by atoms with Crippen LogP contribution in [0.1, 0.15) is 28.2 Å². The highest BCUT2D eigenvalue weighted by Gasteiger charge is 2.39. The van der Waals surface area contributed by atoms with Crippen LogP contribution in [0.3, 0.4) is 0 Å². The van der Waals surface area contributed by atoms with Gasteiger partial charge in [0.1, 0.15) is 18.3 Å². The number of piperidine rings is 1. The van der Waals surface area contributed by atoms with Gasteiger partial charge in [0.25, 0.3) is 0 Å². The summed E-state index contributed by atoms with van der Waals surface area (Å²) in [6.07, 6.45) is -4.19. The third-order valence-electron chi connectivity index (χ3n) is 4.06. The van der Waals surface area contributed by atoms with E-state index in [2.05, 4.69) is 14.8 Å². The lowest BCUT2D eigenvalue weighted by molar-refractivity contribution is -0.312. The predicted molar refractivity (Wildman–Crippen MR) is 104 cm³/mol. The Balaban J connectivity index is -0.000000521. The molecule has 2 heterocycles. The molecule has 0 radical (unpaired) electrons. The summed E-state index contributed by atoms with van der Waals surface area (Å²) in [7, 11) is -4.89. The van der Waals surface area contributed by atoms with E-state index in [1.165, 1.54) is 6.92 Å². The van der Waals surface area contributed by atoms with Gasteiger partial charge >= 0.3 is 0 Å². The van der Waals surface area contributed by atoms with E-state index in [-0.39, 0.29) is 26.9 Å². The molecule has 14 nitrogen and oxygen atoms in total. The van der Waals surface area contributed by atoms with Gasteiger partial charge in [0.05, 0.1) is 25.4 Å². The average molecular weight is 479 g/mol.